The quantitative estimate of drug-likeness (QED) is 0.686. The van der Waals surface area contributed by atoms with Gasteiger partial charge in [-0.15, -0.1) is 0 Å². The van der Waals surface area contributed by atoms with Crippen LogP contribution in [0, 0.1) is 11.3 Å². The van der Waals surface area contributed by atoms with Crippen molar-refractivity contribution >= 4 is 6.29 Å². The van der Waals surface area contributed by atoms with Gasteiger partial charge in [0.2, 0.25) is 0 Å². The van der Waals surface area contributed by atoms with E-state index in [1.807, 2.05) is 0 Å². The second kappa shape index (κ2) is 4.87. The first-order valence-corrected chi connectivity index (χ1v) is 6.83. The van der Waals surface area contributed by atoms with E-state index in [9.17, 15) is 4.79 Å². The summed E-state index contributed by atoms with van der Waals surface area (Å²) < 4.78 is 0. The van der Waals surface area contributed by atoms with Crippen LogP contribution in [0.25, 0.3) is 0 Å². The molecule has 1 aliphatic carbocycles. The number of carbonyl (C=O) groups is 1. The summed E-state index contributed by atoms with van der Waals surface area (Å²) in [7, 11) is 0. The lowest BCUT2D eigenvalue weighted by Crippen LogP contribution is -2.50. The lowest BCUT2D eigenvalue weighted by Gasteiger charge is -2.46. The minimum atomic E-state index is -0.167. The summed E-state index contributed by atoms with van der Waals surface area (Å²) >= 11 is 0. The van der Waals surface area contributed by atoms with Gasteiger partial charge in [-0.05, 0) is 38.1 Å². The average molecular weight is 223 g/mol. The standard InChI is InChI=1S/C14H25NO/c1-14(2,11-16)10-15-9-5-7-12-6-3-4-8-13(12)15/h11-13H,3-10H2,1-2H3/t12-,13-/m1/s1. The molecule has 0 spiro atoms. The predicted molar refractivity (Wildman–Crippen MR) is 66.4 cm³/mol. The van der Waals surface area contributed by atoms with Crippen LogP contribution in [0.1, 0.15) is 52.4 Å². The summed E-state index contributed by atoms with van der Waals surface area (Å²) in [5.41, 5.74) is -0.167. The zero-order valence-corrected chi connectivity index (χ0v) is 10.7. The molecule has 2 fully saturated rings. The fraction of sp³-hybridized carbons (Fsp3) is 0.929. The van der Waals surface area contributed by atoms with Crippen molar-refractivity contribution in [1.29, 1.82) is 0 Å². The lowest BCUT2D eigenvalue weighted by atomic mass is 9.77. The van der Waals surface area contributed by atoms with Crippen LogP contribution < -0.4 is 0 Å². The molecule has 2 atom stereocenters. The topological polar surface area (TPSA) is 20.3 Å². The molecule has 2 heteroatoms. The third-order valence-corrected chi connectivity index (χ3v) is 4.29. The molecule has 2 rings (SSSR count). The minimum absolute atomic E-state index is 0.167. The Labute approximate surface area is 99.4 Å². The number of hydrogen-bond acceptors (Lipinski definition) is 2. The van der Waals surface area contributed by atoms with Gasteiger partial charge in [-0.2, -0.15) is 0 Å². The second-order valence-corrected chi connectivity index (χ2v) is 6.33. The summed E-state index contributed by atoms with van der Waals surface area (Å²) in [4.78, 5) is 13.6. The smallest absolute Gasteiger partial charge is 0.126 e. The summed E-state index contributed by atoms with van der Waals surface area (Å²) in [6.45, 7) is 6.29. The number of piperidine rings is 1. The van der Waals surface area contributed by atoms with E-state index in [2.05, 4.69) is 18.7 Å². The first kappa shape index (κ1) is 12.1. The van der Waals surface area contributed by atoms with Crippen molar-refractivity contribution in [3.8, 4) is 0 Å². The van der Waals surface area contributed by atoms with Crippen molar-refractivity contribution in [3.63, 3.8) is 0 Å². The molecule has 92 valence electrons. The highest BCUT2D eigenvalue weighted by Gasteiger charge is 2.35. The van der Waals surface area contributed by atoms with Crippen molar-refractivity contribution < 1.29 is 4.79 Å². The van der Waals surface area contributed by atoms with Crippen molar-refractivity contribution in [2.45, 2.75) is 58.4 Å². The van der Waals surface area contributed by atoms with Gasteiger partial charge in [-0.25, -0.2) is 0 Å². The van der Waals surface area contributed by atoms with E-state index < -0.39 is 0 Å². The predicted octanol–water partition coefficient (Wildman–Crippen LogP) is 2.87. The van der Waals surface area contributed by atoms with E-state index in [-0.39, 0.29) is 5.41 Å². The van der Waals surface area contributed by atoms with Crippen molar-refractivity contribution in [3.05, 3.63) is 0 Å². The highest BCUT2D eigenvalue weighted by atomic mass is 16.1. The Hall–Kier alpha value is -0.370. The van der Waals surface area contributed by atoms with Crippen LogP contribution in [0.3, 0.4) is 0 Å². The van der Waals surface area contributed by atoms with E-state index in [1.54, 1.807) is 0 Å². The van der Waals surface area contributed by atoms with Gasteiger partial charge in [0.05, 0.1) is 0 Å². The Morgan fingerprint density at radius 1 is 1.19 bits per heavy atom. The normalized spacial score (nSPS) is 32.1. The molecule has 0 aromatic carbocycles. The van der Waals surface area contributed by atoms with Gasteiger partial charge in [0, 0.05) is 18.0 Å². The Balaban J connectivity index is 1.99. The molecule has 0 bridgehead atoms. The summed E-state index contributed by atoms with van der Waals surface area (Å²) in [5.74, 6) is 0.921. The molecule has 2 nitrogen and oxygen atoms in total. The molecule has 0 aromatic heterocycles. The molecule has 1 heterocycles. The monoisotopic (exact) mass is 223 g/mol. The molecular weight excluding hydrogens is 198 g/mol. The van der Waals surface area contributed by atoms with Crippen LogP contribution in [-0.2, 0) is 4.79 Å². The third kappa shape index (κ3) is 2.65. The first-order valence-electron chi connectivity index (χ1n) is 6.83. The zero-order chi connectivity index (χ0) is 11.6. The molecule has 0 radical (unpaired) electrons. The fourth-order valence-corrected chi connectivity index (χ4v) is 3.48. The number of likely N-dealkylation sites (tertiary alicyclic amines) is 1. The molecule has 1 aliphatic heterocycles. The molecule has 0 amide bonds. The maximum absolute atomic E-state index is 11.0. The van der Waals surface area contributed by atoms with E-state index >= 15 is 0 Å². The number of aldehydes is 1. The van der Waals surface area contributed by atoms with Crippen molar-refractivity contribution in [2.75, 3.05) is 13.1 Å². The van der Waals surface area contributed by atoms with Gasteiger partial charge in [0.15, 0.2) is 0 Å². The van der Waals surface area contributed by atoms with Crippen LogP contribution in [0.15, 0.2) is 0 Å². The molecule has 16 heavy (non-hydrogen) atoms. The number of nitrogens with zero attached hydrogens (tertiary/aromatic N) is 1. The van der Waals surface area contributed by atoms with E-state index in [1.165, 1.54) is 45.1 Å². The first-order chi connectivity index (χ1) is 7.62. The largest absolute Gasteiger partial charge is 0.303 e. The Kier molecular flexibility index (Phi) is 3.68. The molecule has 2 aliphatic rings. The Morgan fingerprint density at radius 3 is 2.62 bits per heavy atom. The van der Waals surface area contributed by atoms with E-state index in [4.69, 9.17) is 0 Å². The molecular formula is C14H25NO. The zero-order valence-electron chi connectivity index (χ0n) is 10.7. The highest BCUT2D eigenvalue weighted by Crippen LogP contribution is 2.36. The number of carbonyl (C=O) groups excluding carboxylic acids is 1. The Morgan fingerprint density at radius 2 is 1.88 bits per heavy atom. The fourth-order valence-electron chi connectivity index (χ4n) is 3.48. The molecule has 0 unspecified atom stereocenters. The van der Waals surface area contributed by atoms with Gasteiger partial charge in [0.1, 0.15) is 6.29 Å². The van der Waals surface area contributed by atoms with Gasteiger partial charge >= 0.3 is 0 Å². The average Bonchev–Trinajstić information content (AvgIpc) is 2.29. The summed E-state index contributed by atoms with van der Waals surface area (Å²) in [6, 6.07) is 0.779. The van der Waals surface area contributed by atoms with E-state index in [0.29, 0.717) is 0 Å². The number of rotatable bonds is 3. The molecule has 0 N–H and O–H groups in total. The van der Waals surface area contributed by atoms with Gasteiger partial charge in [0.25, 0.3) is 0 Å². The van der Waals surface area contributed by atoms with Gasteiger partial charge in [-0.3, -0.25) is 4.90 Å². The second-order valence-electron chi connectivity index (χ2n) is 6.33. The van der Waals surface area contributed by atoms with Crippen molar-refractivity contribution in [1.82, 2.24) is 4.90 Å². The summed E-state index contributed by atoms with van der Waals surface area (Å²) in [5, 5.41) is 0. The highest BCUT2D eigenvalue weighted by molar-refractivity contribution is 5.58. The third-order valence-electron chi connectivity index (χ3n) is 4.29. The van der Waals surface area contributed by atoms with Crippen LogP contribution >= 0.6 is 0 Å². The van der Waals surface area contributed by atoms with E-state index in [0.717, 1.165) is 24.8 Å². The van der Waals surface area contributed by atoms with Gasteiger partial charge in [-0.1, -0.05) is 26.7 Å². The van der Waals surface area contributed by atoms with Crippen LogP contribution in [-0.4, -0.2) is 30.3 Å². The van der Waals surface area contributed by atoms with Gasteiger partial charge < -0.3 is 4.79 Å². The summed E-state index contributed by atoms with van der Waals surface area (Å²) in [6.07, 6.45) is 9.46. The minimum Gasteiger partial charge on any atom is -0.303 e. The maximum Gasteiger partial charge on any atom is 0.126 e. The van der Waals surface area contributed by atoms with Crippen LogP contribution in [0.4, 0.5) is 0 Å². The number of hydrogen-bond donors (Lipinski definition) is 0. The Bertz CT molecular complexity index is 247. The lowest BCUT2D eigenvalue weighted by molar-refractivity contribution is -0.116. The maximum atomic E-state index is 11.0. The molecule has 0 aromatic rings. The van der Waals surface area contributed by atoms with Crippen LogP contribution in [0.2, 0.25) is 0 Å². The molecule has 1 saturated carbocycles. The number of fused-ring (bicyclic) bond motifs is 1. The van der Waals surface area contributed by atoms with Crippen molar-refractivity contribution in [2.24, 2.45) is 11.3 Å². The molecule has 1 saturated heterocycles. The SMILES string of the molecule is CC(C)(C=O)CN1CCC[C@H]2CCCC[C@H]21. The van der Waals surface area contributed by atoms with Crippen LogP contribution in [0.5, 0.6) is 0 Å².